The molecule has 0 fully saturated rings. The van der Waals surface area contributed by atoms with E-state index in [1.807, 2.05) is 24.3 Å². The van der Waals surface area contributed by atoms with Crippen LogP contribution in [0.5, 0.6) is 5.75 Å². The molecule has 3 heteroatoms. The van der Waals surface area contributed by atoms with Crippen LogP contribution >= 0.6 is 0 Å². The molecule has 1 aliphatic rings. The zero-order chi connectivity index (χ0) is 11.5. The number of benzene rings is 1. The molecule has 1 aromatic carbocycles. The molecular formula is C13H18O3. The Balaban J connectivity index is 2.14. The molecule has 1 aromatic rings. The van der Waals surface area contributed by atoms with E-state index < -0.39 is 6.10 Å². The van der Waals surface area contributed by atoms with Gasteiger partial charge in [0.25, 0.3) is 0 Å². The standard InChI is InChI=1S/C13H18O3/c1-9(8-15-2)13-7-11(14)10-5-3-4-6-12(10)16-13/h3-6,9,11,13-14H,7-8H2,1-2H3/t9?,11-,13?/m1/s1. The third-order valence-electron chi connectivity index (χ3n) is 3.08. The largest absolute Gasteiger partial charge is 0.490 e. The minimum Gasteiger partial charge on any atom is -0.490 e. The van der Waals surface area contributed by atoms with Gasteiger partial charge in [-0.1, -0.05) is 25.1 Å². The van der Waals surface area contributed by atoms with Crippen LogP contribution in [0.1, 0.15) is 25.0 Å². The number of hydrogen-bond acceptors (Lipinski definition) is 3. The fourth-order valence-corrected chi connectivity index (χ4v) is 2.14. The van der Waals surface area contributed by atoms with E-state index >= 15 is 0 Å². The van der Waals surface area contributed by atoms with Gasteiger partial charge in [0.15, 0.2) is 0 Å². The van der Waals surface area contributed by atoms with E-state index in [2.05, 4.69) is 6.92 Å². The van der Waals surface area contributed by atoms with E-state index in [9.17, 15) is 5.11 Å². The summed E-state index contributed by atoms with van der Waals surface area (Å²) in [6.07, 6.45) is 0.251. The van der Waals surface area contributed by atoms with Gasteiger partial charge in [0.1, 0.15) is 11.9 Å². The molecule has 0 saturated carbocycles. The molecule has 88 valence electrons. The molecule has 2 rings (SSSR count). The van der Waals surface area contributed by atoms with E-state index in [4.69, 9.17) is 9.47 Å². The minimum absolute atomic E-state index is 0.0323. The SMILES string of the molecule is COCC(C)C1C[C@@H](O)c2ccccc2O1. The van der Waals surface area contributed by atoms with Gasteiger partial charge in [-0.15, -0.1) is 0 Å². The predicted octanol–water partition coefficient (Wildman–Crippen LogP) is 2.15. The summed E-state index contributed by atoms with van der Waals surface area (Å²) in [7, 11) is 1.68. The van der Waals surface area contributed by atoms with Crippen LogP contribution in [0.2, 0.25) is 0 Å². The van der Waals surface area contributed by atoms with Crippen LogP contribution in [0, 0.1) is 5.92 Å². The van der Waals surface area contributed by atoms with Crippen molar-refractivity contribution in [2.45, 2.75) is 25.6 Å². The second-order valence-corrected chi connectivity index (χ2v) is 4.38. The van der Waals surface area contributed by atoms with Crippen LogP contribution in [0.3, 0.4) is 0 Å². The average molecular weight is 222 g/mol. The Morgan fingerprint density at radius 3 is 3.00 bits per heavy atom. The summed E-state index contributed by atoms with van der Waals surface area (Å²) in [5, 5.41) is 10.0. The first kappa shape index (κ1) is 11.4. The highest BCUT2D eigenvalue weighted by Crippen LogP contribution is 2.36. The summed E-state index contributed by atoms with van der Waals surface area (Å²) in [5.74, 6) is 1.09. The third kappa shape index (κ3) is 2.20. The molecule has 16 heavy (non-hydrogen) atoms. The maximum Gasteiger partial charge on any atom is 0.125 e. The lowest BCUT2D eigenvalue weighted by molar-refractivity contribution is 0.0137. The van der Waals surface area contributed by atoms with Crippen molar-refractivity contribution in [3.63, 3.8) is 0 Å². The summed E-state index contributed by atoms with van der Waals surface area (Å²) in [5.41, 5.74) is 0.892. The van der Waals surface area contributed by atoms with Crippen molar-refractivity contribution in [3.8, 4) is 5.75 Å². The van der Waals surface area contributed by atoms with Gasteiger partial charge in [0.2, 0.25) is 0 Å². The quantitative estimate of drug-likeness (QED) is 0.851. The van der Waals surface area contributed by atoms with Gasteiger partial charge < -0.3 is 14.6 Å². The van der Waals surface area contributed by atoms with E-state index in [0.717, 1.165) is 11.3 Å². The zero-order valence-corrected chi connectivity index (χ0v) is 9.72. The highest BCUT2D eigenvalue weighted by Gasteiger charge is 2.30. The molecule has 1 N–H and O–H groups in total. The number of para-hydroxylation sites is 1. The molecule has 3 atom stereocenters. The van der Waals surface area contributed by atoms with Crippen molar-refractivity contribution in [2.24, 2.45) is 5.92 Å². The molecule has 2 unspecified atom stereocenters. The molecule has 1 heterocycles. The molecule has 0 amide bonds. The lowest BCUT2D eigenvalue weighted by Gasteiger charge is -2.32. The van der Waals surface area contributed by atoms with Crippen LogP contribution < -0.4 is 4.74 Å². The Morgan fingerprint density at radius 2 is 2.25 bits per heavy atom. The van der Waals surface area contributed by atoms with Crippen LogP contribution in [0.15, 0.2) is 24.3 Å². The van der Waals surface area contributed by atoms with Gasteiger partial charge in [-0.05, 0) is 6.07 Å². The fraction of sp³-hybridized carbons (Fsp3) is 0.538. The second-order valence-electron chi connectivity index (χ2n) is 4.38. The highest BCUT2D eigenvalue weighted by molar-refractivity contribution is 5.36. The van der Waals surface area contributed by atoms with Crippen LogP contribution in [-0.2, 0) is 4.74 Å². The predicted molar refractivity (Wildman–Crippen MR) is 61.5 cm³/mol. The van der Waals surface area contributed by atoms with E-state index in [1.54, 1.807) is 7.11 Å². The fourth-order valence-electron chi connectivity index (χ4n) is 2.14. The number of hydrogen-bond donors (Lipinski definition) is 1. The van der Waals surface area contributed by atoms with Gasteiger partial charge >= 0.3 is 0 Å². The lowest BCUT2D eigenvalue weighted by Crippen LogP contribution is -2.33. The van der Waals surface area contributed by atoms with Crippen molar-refractivity contribution >= 4 is 0 Å². The van der Waals surface area contributed by atoms with Gasteiger partial charge in [-0.2, -0.15) is 0 Å². The first-order chi connectivity index (χ1) is 7.72. The van der Waals surface area contributed by atoms with Gasteiger partial charge in [0, 0.05) is 25.0 Å². The van der Waals surface area contributed by atoms with Gasteiger partial charge in [-0.3, -0.25) is 0 Å². The highest BCUT2D eigenvalue weighted by atomic mass is 16.5. The normalized spacial score (nSPS) is 25.7. The summed E-state index contributed by atoms with van der Waals surface area (Å²) >= 11 is 0. The van der Waals surface area contributed by atoms with Gasteiger partial charge in [0.05, 0.1) is 12.7 Å². The Bertz CT molecular complexity index is 351. The van der Waals surface area contributed by atoms with E-state index in [-0.39, 0.29) is 12.0 Å². The molecule has 0 aromatic heterocycles. The van der Waals surface area contributed by atoms with Crippen molar-refractivity contribution in [2.75, 3.05) is 13.7 Å². The van der Waals surface area contributed by atoms with Crippen molar-refractivity contribution in [1.29, 1.82) is 0 Å². The van der Waals surface area contributed by atoms with Crippen molar-refractivity contribution in [3.05, 3.63) is 29.8 Å². The van der Waals surface area contributed by atoms with Crippen LogP contribution in [-0.4, -0.2) is 24.9 Å². The zero-order valence-electron chi connectivity index (χ0n) is 9.72. The molecule has 0 saturated heterocycles. The monoisotopic (exact) mass is 222 g/mol. The van der Waals surface area contributed by atoms with Gasteiger partial charge in [-0.25, -0.2) is 0 Å². The van der Waals surface area contributed by atoms with Crippen molar-refractivity contribution < 1.29 is 14.6 Å². The average Bonchev–Trinajstić information content (AvgIpc) is 2.29. The summed E-state index contributed by atoms with van der Waals surface area (Å²) < 4.78 is 11.0. The molecule has 0 radical (unpaired) electrons. The number of ether oxygens (including phenoxy) is 2. The first-order valence-electron chi connectivity index (χ1n) is 5.65. The smallest absolute Gasteiger partial charge is 0.125 e. The topological polar surface area (TPSA) is 38.7 Å². The first-order valence-corrected chi connectivity index (χ1v) is 5.65. The molecule has 0 bridgehead atoms. The summed E-state index contributed by atoms with van der Waals surface area (Å²) in [6, 6.07) is 7.67. The lowest BCUT2D eigenvalue weighted by atomic mass is 9.93. The number of aliphatic hydroxyl groups is 1. The van der Waals surface area contributed by atoms with E-state index in [0.29, 0.717) is 13.0 Å². The number of fused-ring (bicyclic) bond motifs is 1. The number of rotatable bonds is 3. The Kier molecular flexibility index (Phi) is 3.46. The molecule has 0 spiro atoms. The Labute approximate surface area is 96.0 Å². The molecular weight excluding hydrogens is 204 g/mol. The molecule has 3 nitrogen and oxygen atoms in total. The van der Waals surface area contributed by atoms with Crippen LogP contribution in [0.4, 0.5) is 0 Å². The Hall–Kier alpha value is -1.06. The maximum absolute atomic E-state index is 10.0. The summed E-state index contributed by atoms with van der Waals surface area (Å²) in [4.78, 5) is 0. The van der Waals surface area contributed by atoms with E-state index in [1.165, 1.54) is 0 Å². The van der Waals surface area contributed by atoms with Crippen LogP contribution in [0.25, 0.3) is 0 Å². The summed E-state index contributed by atoms with van der Waals surface area (Å²) in [6.45, 7) is 2.73. The molecule has 0 aliphatic carbocycles. The maximum atomic E-state index is 10.0. The second kappa shape index (κ2) is 4.85. The molecule has 1 aliphatic heterocycles. The van der Waals surface area contributed by atoms with Crippen molar-refractivity contribution in [1.82, 2.24) is 0 Å². The Morgan fingerprint density at radius 1 is 1.50 bits per heavy atom. The minimum atomic E-state index is -0.422. The third-order valence-corrected chi connectivity index (χ3v) is 3.08. The number of aliphatic hydroxyl groups excluding tert-OH is 1. The number of methoxy groups -OCH3 is 1.